The zero-order chi connectivity index (χ0) is 15.0. The van der Waals surface area contributed by atoms with Gasteiger partial charge in [-0.05, 0) is 44.7 Å². The van der Waals surface area contributed by atoms with Crippen LogP contribution in [0.3, 0.4) is 0 Å². The van der Waals surface area contributed by atoms with E-state index in [2.05, 4.69) is 23.9 Å². The fraction of sp³-hybridized carbons (Fsp3) is 0.714. The summed E-state index contributed by atoms with van der Waals surface area (Å²) in [5, 5.41) is 3.06. The lowest BCUT2D eigenvalue weighted by molar-refractivity contribution is 0.372. The van der Waals surface area contributed by atoms with Crippen LogP contribution < -0.4 is 10.0 Å². The lowest BCUT2D eigenvalue weighted by atomic mass is 9.92. The number of rotatable bonds is 5. The van der Waals surface area contributed by atoms with Crippen LogP contribution in [0, 0.1) is 12.3 Å². The number of hydrogen-bond donors (Lipinski definition) is 2. The van der Waals surface area contributed by atoms with Crippen molar-refractivity contribution in [3.63, 3.8) is 0 Å². The van der Waals surface area contributed by atoms with Gasteiger partial charge < -0.3 is 5.32 Å². The van der Waals surface area contributed by atoms with E-state index in [0.717, 1.165) is 29.0 Å². The SMILES string of the molecule is CNCc1cc(S(=O)(=O)NC2CCC(C)(C)C2)c(C)s1. The molecule has 2 N–H and O–H groups in total. The van der Waals surface area contributed by atoms with Crippen molar-refractivity contribution in [3.05, 3.63) is 15.8 Å². The fourth-order valence-electron chi connectivity index (χ4n) is 2.87. The Kier molecular flexibility index (Phi) is 4.59. The van der Waals surface area contributed by atoms with Crippen LogP contribution in [-0.2, 0) is 16.6 Å². The zero-order valence-electron chi connectivity index (χ0n) is 12.6. The Morgan fingerprint density at radius 2 is 2.15 bits per heavy atom. The van der Waals surface area contributed by atoms with E-state index in [-0.39, 0.29) is 11.5 Å². The largest absolute Gasteiger partial charge is 0.315 e. The van der Waals surface area contributed by atoms with Crippen molar-refractivity contribution >= 4 is 21.4 Å². The van der Waals surface area contributed by atoms with Crippen molar-refractivity contribution in [2.75, 3.05) is 7.05 Å². The molecule has 114 valence electrons. The van der Waals surface area contributed by atoms with Crippen molar-refractivity contribution in [2.24, 2.45) is 5.41 Å². The Hall–Kier alpha value is -0.430. The van der Waals surface area contributed by atoms with Crippen molar-refractivity contribution in [1.82, 2.24) is 10.0 Å². The highest BCUT2D eigenvalue weighted by Gasteiger charge is 2.34. The first kappa shape index (κ1) is 15.9. The van der Waals surface area contributed by atoms with E-state index in [1.807, 2.05) is 14.0 Å². The summed E-state index contributed by atoms with van der Waals surface area (Å²) in [4.78, 5) is 2.36. The molecular weight excluding hydrogens is 292 g/mol. The molecule has 1 unspecified atom stereocenters. The molecule has 1 aromatic heterocycles. The minimum atomic E-state index is -3.39. The van der Waals surface area contributed by atoms with Gasteiger partial charge in [0.2, 0.25) is 10.0 Å². The molecule has 0 aliphatic heterocycles. The third kappa shape index (κ3) is 3.61. The lowest BCUT2D eigenvalue weighted by Crippen LogP contribution is -2.33. The molecule has 0 saturated heterocycles. The predicted molar refractivity (Wildman–Crippen MR) is 83.6 cm³/mol. The lowest BCUT2D eigenvalue weighted by Gasteiger charge is -2.17. The van der Waals surface area contributed by atoms with Gasteiger partial charge in [0.25, 0.3) is 0 Å². The highest BCUT2D eigenvalue weighted by molar-refractivity contribution is 7.89. The highest BCUT2D eigenvalue weighted by Crippen LogP contribution is 2.37. The first-order valence-corrected chi connectivity index (χ1v) is 9.30. The van der Waals surface area contributed by atoms with E-state index < -0.39 is 10.0 Å². The van der Waals surface area contributed by atoms with Crippen LogP contribution in [0.2, 0.25) is 0 Å². The fourth-order valence-corrected chi connectivity index (χ4v) is 5.79. The van der Waals surface area contributed by atoms with E-state index in [0.29, 0.717) is 11.4 Å². The predicted octanol–water partition coefficient (Wildman–Crippen LogP) is 2.63. The van der Waals surface area contributed by atoms with E-state index in [4.69, 9.17) is 0 Å². The Morgan fingerprint density at radius 1 is 1.45 bits per heavy atom. The number of sulfonamides is 1. The summed E-state index contributed by atoms with van der Waals surface area (Å²) in [5.74, 6) is 0. The van der Waals surface area contributed by atoms with Crippen LogP contribution in [0.15, 0.2) is 11.0 Å². The topological polar surface area (TPSA) is 58.2 Å². The number of hydrogen-bond acceptors (Lipinski definition) is 4. The van der Waals surface area contributed by atoms with Gasteiger partial charge in [0.1, 0.15) is 0 Å². The standard InChI is InChI=1S/C14H24N2O2S2/c1-10-13(7-12(19-10)9-15-4)20(17,18)16-11-5-6-14(2,3)8-11/h7,11,15-16H,5-6,8-9H2,1-4H3. The molecule has 6 heteroatoms. The third-order valence-electron chi connectivity index (χ3n) is 3.85. The smallest absolute Gasteiger partial charge is 0.241 e. The second-order valence-electron chi connectivity index (χ2n) is 6.39. The molecule has 4 nitrogen and oxygen atoms in total. The molecule has 1 atom stereocenters. The van der Waals surface area contributed by atoms with Gasteiger partial charge in [-0.1, -0.05) is 13.8 Å². The van der Waals surface area contributed by atoms with E-state index >= 15 is 0 Å². The quantitative estimate of drug-likeness (QED) is 0.878. The van der Waals surface area contributed by atoms with Crippen molar-refractivity contribution < 1.29 is 8.42 Å². The number of aryl methyl sites for hydroxylation is 1. The molecule has 1 aromatic rings. The van der Waals surface area contributed by atoms with Gasteiger partial charge in [-0.25, -0.2) is 13.1 Å². The minimum Gasteiger partial charge on any atom is -0.315 e. The normalized spacial score (nSPS) is 22.3. The van der Waals surface area contributed by atoms with E-state index in [1.165, 1.54) is 0 Å². The Balaban J connectivity index is 2.14. The third-order valence-corrected chi connectivity index (χ3v) is 6.68. The summed E-state index contributed by atoms with van der Waals surface area (Å²) in [6.07, 6.45) is 2.92. The maximum Gasteiger partial charge on any atom is 0.241 e. The first-order valence-electron chi connectivity index (χ1n) is 7.00. The van der Waals surface area contributed by atoms with Crippen LogP contribution in [0.1, 0.15) is 42.9 Å². The summed E-state index contributed by atoms with van der Waals surface area (Å²) >= 11 is 1.54. The summed E-state index contributed by atoms with van der Waals surface area (Å²) < 4.78 is 27.9. The monoisotopic (exact) mass is 316 g/mol. The molecule has 0 aromatic carbocycles. The molecule has 1 aliphatic rings. The van der Waals surface area contributed by atoms with Gasteiger partial charge in [0.15, 0.2) is 0 Å². The second kappa shape index (κ2) is 5.75. The maximum atomic E-state index is 12.5. The van der Waals surface area contributed by atoms with Crippen LogP contribution in [0.25, 0.3) is 0 Å². The Labute approximate surface area is 126 Å². The average molecular weight is 316 g/mol. The van der Waals surface area contributed by atoms with Crippen molar-refractivity contribution in [2.45, 2.75) is 57.5 Å². The molecule has 0 amide bonds. The Bertz CT molecular complexity index is 576. The van der Waals surface area contributed by atoms with Crippen LogP contribution in [0.4, 0.5) is 0 Å². The Morgan fingerprint density at radius 3 is 2.70 bits per heavy atom. The van der Waals surface area contributed by atoms with Gasteiger partial charge >= 0.3 is 0 Å². The zero-order valence-corrected chi connectivity index (χ0v) is 14.2. The molecule has 0 bridgehead atoms. The summed E-state index contributed by atoms with van der Waals surface area (Å²) in [6, 6.07) is 1.86. The van der Waals surface area contributed by atoms with Crippen molar-refractivity contribution in [3.8, 4) is 0 Å². The number of nitrogens with one attached hydrogen (secondary N) is 2. The molecule has 1 heterocycles. The van der Waals surface area contributed by atoms with E-state index in [9.17, 15) is 8.42 Å². The van der Waals surface area contributed by atoms with Crippen LogP contribution in [0.5, 0.6) is 0 Å². The molecule has 0 radical (unpaired) electrons. The molecule has 2 rings (SSSR count). The molecule has 1 saturated carbocycles. The molecule has 20 heavy (non-hydrogen) atoms. The van der Waals surface area contributed by atoms with Gasteiger partial charge in [-0.3, -0.25) is 0 Å². The van der Waals surface area contributed by atoms with Crippen LogP contribution >= 0.6 is 11.3 Å². The van der Waals surface area contributed by atoms with E-state index in [1.54, 1.807) is 17.4 Å². The molecule has 0 spiro atoms. The summed E-state index contributed by atoms with van der Waals surface area (Å²) in [6.45, 7) is 6.97. The number of thiophene rings is 1. The van der Waals surface area contributed by atoms with Crippen LogP contribution in [-0.4, -0.2) is 21.5 Å². The highest BCUT2D eigenvalue weighted by atomic mass is 32.2. The maximum absolute atomic E-state index is 12.5. The minimum absolute atomic E-state index is 0.0713. The average Bonchev–Trinajstić information content (AvgIpc) is 2.82. The van der Waals surface area contributed by atoms with Crippen molar-refractivity contribution in [1.29, 1.82) is 0 Å². The molecular formula is C14H24N2O2S2. The summed E-state index contributed by atoms with van der Waals surface area (Å²) in [7, 11) is -1.53. The summed E-state index contributed by atoms with van der Waals surface area (Å²) in [5.41, 5.74) is 0.244. The molecule has 1 aliphatic carbocycles. The van der Waals surface area contributed by atoms with Gasteiger partial charge in [-0.2, -0.15) is 0 Å². The second-order valence-corrected chi connectivity index (χ2v) is 9.41. The van der Waals surface area contributed by atoms with Gasteiger partial charge in [-0.15, -0.1) is 11.3 Å². The van der Waals surface area contributed by atoms with Gasteiger partial charge in [0.05, 0.1) is 4.90 Å². The van der Waals surface area contributed by atoms with Gasteiger partial charge in [0, 0.05) is 22.3 Å². The molecule has 1 fully saturated rings. The first-order chi connectivity index (χ1) is 9.23.